The molecular formula is C9H11F3N2O. The van der Waals surface area contributed by atoms with Gasteiger partial charge in [0.25, 0.3) is 0 Å². The first-order valence-corrected chi connectivity index (χ1v) is 4.26. The number of nitrogens with zero attached hydrogens (tertiary/aromatic N) is 1. The number of pyridine rings is 1. The number of halogens is 3. The average Bonchev–Trinajstić information content (AvgIpc) is 2.10. The van der Waals surface area contributed by atoms with Crippen LogP contribution in [0.2, 0.25) is 0 Å². The van der Waals surface area contributed by atoms with Crippen molar-refractivity contribution in [1.82, 2.24) is 4.98 Å². The number of alkyl halides is 3. The molecule has 6 heteroatoms. The molecular weight excluding hydrogens is 209 g/mol. The molecule has 15 heavy (non-hydrogen) atoms. The Balaban J connectivity index is 3.11. The summed E-state index contributed by atoms with van der Waals surface area (Å²) in [5.41, 5.74) is 6.52. The van der Waals surface area contributed by atoms with Crippen molar-refractivity contribution in [1.29, 1.82) is 0 Å². The second-order valence-corrected chi connectivity index (χ2v) is 3.07. The van der Waals surface area contributed by atoms with Crippen molar-refractivity contribution >= 4 is 0 Å². The molecule has 0 bridgehead atoms. The number of hydrogen-bond donors (Lipinski definition) is 1. The van der Waals surface area contributed by atoms with Crippen molar-refractivity contribution in [3.63, 3.8) is 0 Å². The first-order valence-electron chi connectivity index (χ1n) is 4.26. The number of rotatable bonds is 2. The molecule has 1 rings (SSSR count). The molecule has 0 radical (unpaired) electrons. The van der Waals surface area contributed by atoms with Gasteiger partial charge in [0.05, 0.1) is 5.69 Å². The molecule has 0 spiro atoms. The van der Waals surface area contributed by atoms with Crippen LogP contribution >= 0.6 is 0 Å². The number of aromatic nitrogens is 1. The van der Waals surface area contributed by atoms with Crippen molar-refractivity contribution in [2.75, 3.05) is 0 Å². The van der Waals surface area contributed by atoms with Crippen molar-refractivity contribution in [2.45, 2.75) is 26.8 Å². The van der Waals surface area contributed by atoms with E-state index in [2.05, 4.69) is 9.72 Å². The molecule has 1 heterocycles. The Labute approximate surface area is 85.1 Å². The first-order chi connectivity index (χ1) is 6.83. The first kappa shape index (κ1) is 11.8. The molecule has 0 amide bonds. The summed E-state index contributed by atoms with van der Waals surface area (Å²) in [5, 5.41) is 0. The van der Waals surface area contributed by atoms with E-state index in [1.807, 2.05) is 0 Å². The van der Waals surface area contributed by atoms with Crippen molar-refractivity contribution in [3.05, 3.63) is 23.0 Å². The van der Waals surface area contributed by atoms with Crippen LogP contribution in [-0.4, -0.2) is 11.3 Å². The normalized spacial score (nSPS) is 11.6. The topological polar surface area (TPSA) is 48.1 Å². The highest BCUT2D eigenvalue weighted by Gasteiger charge is 2.32. The molecule has 2 N–H and O–H groups in total. The third-order valence-corrected chi connectivity index (χ3v) is 1.96. The molecule has 0 unspecified atom stereocenters. The van der Waals surface area contributed by atoms with Gasteiger partial charge in [-0.2, -0.15) is 0 Å². The van der Waals surface area contributed by atoms with Gasteiger partial charge in [-0.25, -0.2) is 0 Å². The van der Waals surface area contributed by atoms with E-state index in [0.29, 0.717) is 17.0 Å². The number of nitrogens with two attached hydrogens (primary N) is 1. The van der Waals surface area contributed by atoms with Gasteiger partial charge in [0, 0.05) is 23.9 Å². The minimum Gasteiger partial charge on any atom is -0.405 e. The van der Waals surface area contributed by atoms with Gasteiger partial charge in [-0.15, -0.1) is 13.2 Å². The van der Waals surface area contributed by atoms with Gasteiger partial charge in [0.1, 0.15) is 5.75 Å². The number of ether oxygens (including phenoxy) is 1. The van der Waals surface area contributed by atoms with Gasteiger partial charge in [0.15, 0.2) is 0 Å². The minimum atomic E-state index is -4.69. The van der Waals surface area contributed by atoms with Crippen LogP contribution < -0.4 is 10.5 Å². The summed E-state index contributed by atoms with van der Waals surface area (Å²) >= 11 is 0. The summed E-state index contributed by atoms with van der Waals surface area (Å²) in [6.07, 6.45) is -4.69. The van der Waals surface area contributed by atoms with Gasteiger partial charge in [-0.1, -0.05) is 0 Å². The molecule has 1 aromatic rings. The van der Waals surface area contributed by atoms with Crippen molar-refractivity contribution < 1.29 is 17.9 Å². The minimum absolute atomic E-state index is 0.0787. The van der Waals surface area contributed by atoms with Crippen molar-refractivity contribution in [2.24, 2.45) is 5.73 Å². The Kier molecular flexibility index (Phi) is 3.18. The standard InChI is InChI=1S/C9H11F3N2O/c1-5-6(2)14-7(4-13)3-8(5)15-9(10,11)12/h3H,4,13H2,1-2H3. The Morgan fingerprint density at radius 3 is 2.47 bits per heavy atom. The quantitative estimate of drug-likeness (QED) is 0.829. The van der Waals surface area contributed by atoms with Crippen LogP contribution in [0.15, 0.2) is 6.07 Å². The van der Waals surface area contributed by atoms with Gasteiger partial charge >= 0.3 is 6.36 Å². The lowest BCUT2D eigenvalue weighted by atomic mass is 10.2. The summed E-state index contributed by atoms with van der Waals surface area (Å²) in [4.78, 5) is 4.01. The van der Waals surface area contributed by atoms with Crippen LogP contribution in [0.5, 0.6) is 5.75 Å². The zero-order valence-electron chi connectivity index (χ0n) is 8.35. The highest BCUT2D eigenvalue weighted by molar-refractivity contribution is 5.36. The fourth-order valence-electron chi connectivity index (χ4n) is 1.10. The Morgan fingerprint density at radius 2 is 2.00 bits per heavy atom. The maximum atomic E-state index is 12.0. The van der Waals surface area contributed by atoms with Crippen molar-refractivity contribution in [3.8, 4) is 5.75 Å². The summed E-state index contributed by atoms with van der Waals surface area (Å²) < 4.78 is 39.9. The smallest absolute Gasteiger partial charge is 0.405 e. The zero-order valence-corrected chi connectivity index (χ0v) is 8.35. The third kappa shape index (κ3) is 3.09. The molecule has 1 aromatic heterocycles. The Bertz CT molecular complexity index is 363. The van der Waals surface area contributed by atoms with E-state index in [4.69, 9.17) is 5.73 Å². The van der Waals surface area contributed by atoms with Crippen LogP contribution in [0.1, 0.15) is 17.0 Å². The summed E-state index contributed by atoms with van der Waals surface area (Å²) in [6, 6.07) is 1.20. The fraction of sp³-hybridized carbons (Fsp3) is 0.444. The largest absolute Gasteiger partial charge is 0.573 e. The van der Waals surface area contributed by atoms with E-state index in [1.165, 1.54) is 13.0 Å². The molecule has 0 aromatic carbocycles. The highest BCUT2D eigenvalue weighted by Crippen LogP contribution is 2.27. The zero-order chi connectivity index (χ0) is 11.6. The summed E-state index contributed by atoms with van der Waals surface area (Å²) in [6.45, 7) is 3.21. The Hall–Kier alpha value is -1.30. The van der Waals surface area contributed by atoms with E-state index in [1.54, 1.807) is 6.92 Å². The lowest BCUT2D eigenvalue weighted by molar-refractivity contribution is -0.274. The lowest BCUT2D eigenvalue weighted by Gasteiger charge is -2.13. The van der Waals surface area contributed by atoms with Gasteiger partial charge in [-0.05, 0) is 13.8 Å². The van der Waals surface area contributed by atoms with E-state index >= 15 is 0 Å². The average molecular weight is 220 g/mol. The fourth-order valence-corrected chi connectivity index (χ4v) is 1.10. The predicted molar refractivity (Wildman–Crippen MR) is 48.3 cm³/mol. The van der Waals surface area contributed by atoms with E-state index in [9.17, 15) is 13.2 Å². The van der Waals surface area contributed by atoms with Gasteiger partial charge in [0.2, 0.25) is 0 Å². The molecule has 3 nitrogen and oxygen atoms in total. The maximum absolute atomic E-state index is 12.0. The predicted octanol–water partition coefficient (Wildman–Crippen LogP) is 2.06. The van der Waals surface area contributed by atoms with Gasteiger partial charge in [-0.3, -0.25) is 4.98 Å². The number of hydrogen-bond acceptors (Lipinski definition) is 3. The summed E-state index contributed by atoms with van der Waals surface area (Å²) in [7, 11) is 0. The van der Waals surface area contributed by atoms with E-state index in [0.717, 1.165) is 0 Å². The Morgan fingerprint density at radius 1 is 1.40 bits per heavy atom. The molecule has 0 saturated heterocycles. The maximum Gasteiger partial charge on any atom is 0.573 e. The molecule has 84 valence electrons. The van der Waals surface area contributed by atoms with Crippen LogP contribution in [0.3, 0.4) is 0 Å². The van der Waals surface area contributed by atoms with Crippen LogP contribution in [0, 0.1) is 13.8 Å². The molecule has 0 aliphatic rings. The summed E-state index contributed by atoms with van der Waals surface area (Å²) in [5.74, 6) is -0.240. The van der Waals surface area contributed by atoms with Gasteiger partial charge < -0.3 is 10.5 Å². The molecule has 0 aliphatic carbocycles. The van der Waals surface area contributed by atoms with E-state index < -0.39 is 6.36 Å². The SMILES string of the molecule is Cc1nc(CN)cc(OC(F)(F)F)c1C. The monoisotopic (exact) mass is 220 g/mol. The molecule has 0 aliphatic heterocycles. The number of aryl methyl sites for hydroxylation is 1. The molecule has 0 atom stereocenters. The van der Waals surface area contributed by atoms with Crippen LogP contribution in [-0.2, 0) is 6.54 Å². The molecule has 0 saturated carbocycles. The second-order valence-electron chi connectivity index (χ2n) is 3.07. The van der Waals surface area contributed by atoms with Crippen LogP contribution in [0.4, 0.5) is 13.2 Å². The second kappa shape index (κ2) is 4.06. The lowest BCUT2D eigenvalue weighted by Crippen LogP contribution is -2.18. The third-order valence-electron chi connectivity index (χ3n) is 1.96. The molecule has 0 fully saturated rings. The highest BCUT2D eigenvalue weighted by atomic mass is 19.4. The van der Waals surface area contributed by atoms with E-state index in [-0.39, 0.29) is 12.3 Å². The van der Waals surface area contributed by atoms with Crippen LogP contribution in [0.25, 0.3) is 0 Å².